The second-order valence-electron chi connectivity index (χ2n) is 6.35. The standard InChI is InChI=1S/C20H17N3O5S/c1-12-16(29-20(21-12)22-17(24)15-8-4-10-27-15)9-5-11-28-23-18(25)13-6-2-3-7-14(13)19(23)26/h2-4,6-8,10H,5,9,11H2,1H3,(H,21,22,24). The van der Waals surface area contributed by atoms with Crippen molar-refractivity contribution in [3.63, 3.8) is 0 Å². The number of rotatable bonds is 7. The minimum absolute atomic E-state index is 0.205. The topological polar surface area (TPSA) is 102 Å². The van der Waals surface area contributed by atoms with Crippen molar-refractivity contribution in [2.75, 3.05) is 11.9 Å². The van der Waals surface area contributed by atoms with Crippen LogP contribution >= 0.6 is 11.3 Å². The number of anilines is 1. The first-order chi connectivity index (χ1) is 14.0. The molecule has 2 aromatic heterocycles. The van der Waals surface area contributed by atoms with Gasteiger partial charge in [0.25, 0.3) is 17.7 Å². The number of carbonyl (C=O) groups excluding carboxylic acids is 3. The van der Waals surface area contributed by atoms with Gasteiger partial charge in [0.1, 0.15) is 0 Å². The number of carbonyl (C=O) groups is 3. The predicted molar refractivity (Wildman–Crippen MR) is 105 cm³/mol. The summed E-state index contributed by atoms with van der Waals surface area (Å²) >= 11 is 1.37. The number of aromatic nitrogens is 1. The number of fused-ring (bicyclic) bond motifs is 1. The molecular weight excluding hydrogens is 394 g/mol. The van der Waals surface area contributed by atoms with Gasteiger partial charge in [0.05, 0.1) is 29.7 Å². The molecule has 3 heterocycles. The third-order valence-corrected chi connectivity index (χ3v) is 5.52. The summed E-state index contributed by atoms with van der Waals surface area (Å²) in [6.07, 6.45) is 2.66. The van der Waals surface area contributed by atoms with Crippen LogP contribution in [0.5, 0.6) is 0 Å². The summed E-state index contributed by atoms with van der Waals surface area (Å²) < 4.78 is 5.06. The van der Waals surface area contributed by atoms with Crippen LogP contribution in [0.2, 0.25) is 0 Å². The summed E-state index contributed by atoms with van der Waals surface area (Å²) in [5, 5.41) is 4.01. The van der Waals surface area contributed by atoms with Crippen LogP contribution in [-0.2, 0) is 11.3 Å². The monoisotopic (exact) mass is 411 g/mol. The molecule has 3 amide bonds. The van der Waals surface area contributed by atoms with Crippen LogP contribution in [-0.4, -0.2) is 34.4 Å². The summed E-state index contributed by atoms with van der Waals surface area (Å²) in [6, 6.07) is 9.86. The van der Waals surface area contributed by atoms with Crippen molar-refractivity contribution in [1.82, 2.24) is 10.0 Å². The summed E-state index contributed by atoms with van der Waals surface area (Å²) in [4.78, 5) is 47.3. The Labute approximate surface area is 170 Å². The number of aryl methyl sites for hydroxylation is 2. The van der Waals surface area contributed by atoms with Crippen LogP contribution in [0, 0.1) is 6.92 Å². The molecule has 4 rings (SSSR count). The van der Waals surface area contributed by atoms with E-state index in [1.807, 2.05) is 6.92 Å². The van der Waals surface area contributed by atoms with Crippen molar-refractivity contribution in [3.05, 3.63) is 70.1 Å². The highest BCUT2D eigenvalue weighted by molar-refractivity contribution is 7.15. The molecule has 9 heteroatoms. The van der Waals surface area contributed by atoms with Crippen molar-refractivity contribution in [1.29, 1.82) is 0 Å². The molecule has 0 bridgehead atoms. The normalized spacial score (nSPS) is 13.1. The maximum Gasteiger partial charge on any atom is 0.293 e. The number of imide groups is 1. The van der Waals surface area contributed by atoms with Crippen LogP contribution in [0.3, 0.4) is 0 Å². The Hall–Kier alpha value is -3.30. The van der Waals surface area contributed by atoms with Gasteiger partial charge < -0.3 is 4.42 Å². The van der Waals surface area contributed by atoms with E-state index in [1.54, 1.807) is 36.4 Å². The van der Waals surface area contributed by atoms with Gasteiger partial charge in [0, 0.05) is 4.88 Å². The quantitative estimate of drug-likeness (QED) is 0.472. The minimum atomic E-state index is -0.442. The minimum Gasteiger partial charge on any atom is -0.459 e. The molecule has 1 N–H and O–H groups in total. The van der Waals surface area contributed by atoms with Crippen molar-refractivity contribution in [3.8, 4) is 0 Å². The van der Waals surface area contributed by atoms with Crippen LogP contribution in [0.1, 0.15) is 48.3 Å². The van der Waals surface area contributed by atoms with Gasteiger partial charge >= 0.3 is 0 Å². The number of nitrogens with zero attached hydrogens (tertiary/aromatic N) is 2. The molecule has 0 saturated carbocycles. The van der Waals surface area contributed by atoms with Gasteiger partial charge in [-0.2, -0.15) is 0 Å². The number of hydroxylamine groups is 2. The van der Waals surface area contributed by atoms with Gasteiger partial charge in [0.15, 0.2) is 10.9 Å². The molecule has 29 heavy (non-hydrogen) atoms. The van der Waals surface area contributed by atoms with Crippen LogP contribution < -0.4 is 5.32 Å². The zero-order valence-electron chi connectivity index (χ0n) is 15.5. The van der Waals surface area contributed by atoms with E-state index >= 15 is 0 Å². The van der Waals surface area contributed by atoms with E-state index < -0.39 is 11.8 Å². The van der Waals surface area contributed by atoms with E-state index in [-0.39, 0.29) is 18.3 Å². The first-order valence-corrected chi connectivity index (χ1v) is 9.78. The Morgan fingerprint density at radius 1 is 1.17 bits per heavy atom. The maximum atomic E-state index is 12.3. The molecule has 0 radical (unpaired) electrons. The lowest BCUT2D eigenvalue weighted by atomic mass is 10.1. The first kappa shape index (κ1) is 19.0. The lowest BCUT2D eigenvalue weighted by molar-refractivity contribution is -0.0918. The average molecular weight is 411 g/mol. The lowest BCUT2D eigenvalue weighted by Crippen LogP contribution is -2.30. The smallest absolute Gasteiger partial charge is 0.293 e. The molecule has 0 spiro atoms. The van der Waals surface area contributed by atoms with E-state index in [1.165, 1.54) is 17.6 Å². The maximum absolute atomic E-state index is 12.3. The van der Waals surface area contributed by atoms with E-state index in [0.717, 1.165) is 15.6 Å². The molecule has 0 aliphatic carbocycles. The molecule has 148 valence electrons. The van der Waals surface area contributed by atoms with Gasteiger partial charge in [-0.05, 0) is 44.0 Å². The molecule has 0 fully saturated rings. The summed E-state index contributed by atoms with van der Waals surface area (Å²) in [5.41, 5.74) is 1.52. The van der Waals surface area contributed by atoms with Crippen molar-refractivity contribution >= 4 is 34.2 Å². The molecule has 1 aromatic carbocycles. The fraction of sp³-hybridized carbons (Fsp3) is 0.200. The number of furan rings is 1. The zero-order chi connectivity index (χ0) is 20.4. The van der Waals surface area contributed by atoms with Crippen LogP contribution in [0.4, 0.5) is 5.13 Å². The van der Waals surface area contributed by atoms with Crippen molar-refractivity contribution in [2.24, 2.45) is 0 Å². The average Bonchev–Trinajstić information content (AvgIpc) is 3.42. The predicted octanol–water partition coefficient (Wildman–Crippen LogP) is 3.46. The Morgan fingerprint density at radius 2 is 1.90 bits per heavy atom. The number of amides is 3. The van der Waals surface area contributed by atoms with E-state index in [9.17, 15) is 14.4 Å². The van der Waals surface area contributed by atoms with Crippen molar-refractivity contribution < 1.29 is 23.6 Å². The highest BCUT2D eigenvalue weighted by Gasteiger charge is 2.36. The second-order valence-corrected chi connectivity index (χ2v) is 7.43. The van der Waals surface area contributed by atoms with Crippen LogP contribution in [0.25, 0.3) is 0 Å². The summed E-state index contributed by atoms with van der Waals surface area (Å²) in [5.74, 6) is -1.03. The molecule has 0 unspecified atom stereocenters. The molecule has 8 nitrogen and oxygen atoms in total. The number of nitrogens with one attached hydrogen (secondary N) is 1. The highest BCUT2D eigenvalue weighted by Crippen LogP contribution is 2.25. The highest BCUT2D eigenvalue weighted by atomic mass is 32.1. The Bertz CT molecular complexity index is 1040. The van der Waals surface area contributed by atoms with Gasteiger partial charge in [-0.3, -0.25) is 24.5 Å². The first-order valence-electron chi connectivity index (χ1n) is 8.96. The number of benzene rings is 1. The second kappa shape index (κ2) is 7.98. The van der Waals surface area contributed by atoms with Crippen molar-refractivity contribution in [2.45, 2.75) is 19.8 Å². The zero-order valence-corrected chi connectivity index (χ0v) is 16.3. The van der Waals surface area contributed by atoms with Gasteiger partial charge in [-0.1, -0.05) is 12.1 Å². The van der Waals surface area contributed by atoms with Gasteiger partial charge in [-0.25, -0.2) is 4.98 Å². The fourth-order valence-electron chi connectivity index (χ4n) is 2.95. The Kier molecular flexibility index (Phi) is 5.24. The van der Waals surface area contributed by atoms with E-state index in [2.05, 4.69) is 10.3 Å². The number of hydrogen-bond acceptors (Lipinski definition) is 7. The Balaban J connectivity index is 1.29. The Morgan fingerprint density at radius 3 is 2.55 bits per heavy atom. The summed E-state index contributed by atoms with van der Waals surface area (Å²) in [7, 11) is 0. The molecule has 0 saturated heterocycles. The third kappa shape index (κ3) is 3.82. The van der Waals surface area contributed by atoms with E-state index in [0.29, 0.717) is 29.1 Å². The molecule has 3 aromatic rings. The molecule has 1 aliphatic rings. The van der Waals surface area contributed by atoms with Gasteiger partial charge in [0.2, 0.25) is 0 Å². The molecule has 0 atom stereocenters. The van der Waals surface area contributed by atoms with E-state index in [4.69, 9.17) is 9.25 Å². The molecular formula is C20H17N3O5S. The molecule has 1 aliphatic heterocycles. The number of thiazole rings is 1. The largest absolute Gasteiger partial charge is 0.459 e. The number of hydrogen-bond donors (Lipinski definition) is 1. The lowest BCUT2D eigenvalue weighted by Gasteiger charge is -2.12. The third-order valence-electron chi connectivity index (χ3n) is 4.38. The van der Waals surface area contributed by atoms with Gasteiger partial charge in [-0.15, -0.1) is 16.4 Å². The van der Waals surface area contributed by atoms with Crippen LogP contribution in [0.15, 0.2) is 47.1 Å². The summed E-state index contributed by atoms with van der Waals surface area (Å²) in [6.45, 7) is 2.07. The SMILES string of the molecule is Cc1nc(NC(=O)c2ccco2)sc1CCCON1C(=O)c2ccccc2C1=O. The fourth-order valence-corrected chi connectivity index (χ4v) is 3.95.